The molecule has 0 radical (unpaired) electrons. The lowest BCUT2D eigenvalue weighted by Crippen LogP contribution is -2.47. The number of hydrogen-bond acceptors (Lipinski definition) is 5. The summed E-state index contributed by atoms with van der Waals surface area (Å²) in [6, 6.07) is 17.8. The Bertz CT molecular complexity index is 1060. The van der Waals surface area contributed by atoms with E-state index in [-0.39, 0.29) is 23.6 Å². The zero-order valence-corrected chi connectivity index (χ0v) is 19.3. The Balaban J connectivity index is 1.39. The Morgan fingerprint density at radius 1 is 1.06 bits per heavy atom. The first kappa shape index (κ1) is 23.7. The number of benzene rings is 2. The summed E-state index contributed by atoms with van der Waals surface area (Å²) < 4.78 is 24.6. The van der Waals surface area contributed by atoms with Crippen molar-refractivity contribution in [3.63, 3.8) is 0 Å². The molecule has 4 rings (SSSR count). The van der Waals surface area contributed by atoms with E-state index in [1.165, 1.54) is 12.1 Å². The number of nitrogens with zero attached hydrogens (tertiary/aromatic N) is 2. The third-order valence-electron chi connectivity index (χ3n) is 6.05. The van der Waals surface area contributed by atoms with E-state index >= 15 is 0 Å². The van der Waals surface area contributed by atoms with Gasteiger partial charge >= 0.3 is 0 Å². The first-order chi connectivity index (χ1) is 16.6. The summed E-state index contributed by atoms with van der Waals surface area (Å²) in [5, 5.41) is 3.09. The molecule has 0 unspecified atom stereocenters. The van der Waals surface area contributed by atoms with Crippen molar-refractivity contribution in [3.8, 4) is 11.5 Å². The number of rotatable bonds is 9. The van der Waals surface area contributed by atoms with Crippen LogP contribution in [0.2, 0.25) is 0 Å². The van der Waals surface area contributed by atoms with E-state index in [0.29, 0.717) is 25.4 Å². The van der Waals surface area contributed by atoms with E-state index in [4.69, 9.17) is 9.47 Å². The van der Waals surface area contributed by atoms with Crippen LogP contribution in [0.4, 0.5) is 4.39 Å². The van der Waals surface area contributed by atoms with Gasteiger partial charge < -0.3 is 14.8 Å². The van der Waals surface area contributed by atoms with E-state index < -0.39 is 0 Å². The molecule has 0 aliphatic carbocycles. The van der Waals surface area contributed by atoms with Crippen molar-refractivity contribution in [1.82, 2.24) is 15.2 Å². The minimum atomic E-state index is -0.323. The van der Waals surface area contributed by atoms with Crippen molar-refractivity contribution in [2.75, 3.05) is 26.8 Å². The number of pyridine rings is 1. The maximum Gasteiger partial charge on any atom is 0.224 e. The van der Waals surface area contributed by atoms with Gasteiger partial charge in [-0.3, -0.25) is 14.7 Å². The topological polar surface area (TPSA) is 63.7 Å². The molecule has 0 bridgehead atoms. The van der Waals surface area contributed by atoms with Crippen LogP contribution < -0.4 is 14.8 Å². The monoisotopic (exact) mass is 463 g/mol. The van der Waals surface area contributed by atoms with Crippen molar-refractivity contribution >= 4 is 5.91 Å². The second-order valence-electron chi connectivity index (χ2n) is 8.68. The van der Waals surface area contributed by atoms with E-state index in [0.717, 1.165) is 36.4 Å². The Kier molecular flexibility index (Phi) is 8.09. The summed E-state index contributed by atoms with van der Waals surface area (Å²) in [5.74, 6) is 0.995. The second kappa shape index (κ2) is 11.6. The van der Waals surface area contributed by atoms with Gasteiger partial charge in [-0.15, -0.1) is 0 Å². The highest BCUT2D eigenvalue weighted by Crippen LogP contribution is 2.25. The molecule has 2 aromatic carbocycles. The number of carbonyl (C=O) groups is 1. The average Bonchev–Trinajstić information content (AvgIpc) is 2.87. The van der Waals surface area contributed by atoms with Crippen LogP contribution in [-0.4, -0.2) is 42.6 Å². The molecule has 1 saturated heterocycles. The normalized spacial score (nSPS) is 18.3. The number of piperidine rings is 1. The standard InChI is InChI=1S/C27H30FN3O3/c1-33-25-7-5-20(6-8-25)15-30-27(32)23-13-22(19-34-26-4-2-3-24(28)14-26)17-31(18-23)16-21-9-11-29-12-10-21/h2-12,14,22-23H,13,15-19H2,1H3,(H,30,32)/t22-,23+/m0/s1. The van der Waals surface area contributed by atoms with Gasteiger partial charge in [-0.2, -0.15) is 0 Å². The van der Waals surface area contributed by atoms with Crippen LogP contribution in [0.5, 0.6) is 11.5 Å². The molecular weight excluding hydrogens is 433 g/mol. The molecule has 1 aliphatic heterocycles. The van der Waals surface area contributed by atoms with E-state index in [1.807, 2.05) is 36.4 Å². The summed E-state index contributed by atoms with van der Waals surface area (Å²) in [7, 11) is 1.63. The third kappa shape index (κ3) is 6.78. The number of ether oxygens (including phenoxy) is 2. The molecule has 1 N–H and O–H groups in total. The highest BCUT2D eigenvalue weighted by atomic mass is 19.1. The van der Waals surface area contributed by atoms with E-state index in [2.05, 4.69) is 15.2 Å². The van der Waals surface area contributed by atoms with Crippen LogP contribution >= 0.6 is 0 Å². The lowest BCUT2D eigenvalue weighted by atomic mass is 9.88. The summed E-state index contributed by atoms with van der Waals surface area (Å²) in [4.78, 5) is 19.5. The van der Waals surface area contributed by atoms with Crippen molar-refractivity contribution in [2.45, 2.75) is 19.5 Å². The number of likely N-dealkylation sites (tertiary alicyclic amines) is 1. The Labute approximate surface area is 199 Å². The van der Waals surface area contributed by atoms with Crippen molar-refractivity contribution in [3.05, 3.63) is 90.0 Å². The number of halogens is 1. The summed E-state index contributed by atoms with van der Waals surface area (Å²) in [6.07, 6.45) is 4.28. The largest absolute Gasteiger partial charge is 0.497 e. The number of hydrogen-bond donors (Lipinski definition) is 1. The van der Waals surface area contributed by atoms with Crippen LogP contribution in [0.1, 0.15) is 17.5 Å². The van der Waals surface area contributed by atoms with Crippen LogP contribution in [0.3, 0.4) is 0 Å². The number of amides is 1. The predicted molar refractivity (Wildman–Crippen MR) is 128 cm³/mol. The van der Waals surface area contributed by atoms with Crippen LogP contribution in [0.15, 0.2) is 73.1 Å². The molecule has 1 amide bonds. The predicted octanol–water partition coefficient (Wildman–Crippen LogP) is 4.06. The molecule has 3 aromatic rings. The molecule has 1 fully saturated rings. The van der Waals surface area contributed by atoms with Crippen molar-refractivity contribution in [2.24, 2.45) is 11.8 Å². The fraction of sp³-hybridized carbons (Fsp3) is 0.333. The lowest BCUT2D eigenvalue weighted by molar-refractivity contribution is -0.128. The molecule has 2 atom stereocenters. The maximum absolute atomic E-state index is 13.5. The Morgan fingerprint density at radius 2 is 1.85 bits per heavy atom. The second-order valence-corrected chi connectivity index (χ2v) is 8.68. The van der Waals surface area contributed by atoms with Gasteiger partial charge in [0.05, 0.1) is 19.6 Å². The van der Waals surface area contributed by atoms with Gasteiger partial charge in [-0.05, 0) is 53.9 Å². The highest BCUT2D eigenvalue weighted by Gasteiger charge is 2.32. The molecule has 6 nitrogen and oxygen atoms in total. The molecule has 1 aliphatic rings. The van der Waals surface area contributed by atoms with Gasteiger partial charge in [0.25, 0.3) is 0 Å². The van der Waals surface area contributed by atoms with Gasteiger partial charge in [0.1, 0.15) is 17.3 Å². The van der Waals surface area contributed by atoms with Gasteiger partial charge in [-0.25, -0.2) is 4.39 Å². The molecule has 0 spiro atoms. The zero-order chi connectivity index (χ0) is 23.8. The van der Waals surface area contributed by atoms with Gasteiger partial charge in [-0.1, -0.05) is 18.2 Å². The number of carbonyl (C=O) groups excluding carboxylic acids is 1. The zero-order valence-electron chi connectivity index (χ0n) is 19.3. The summed E-state index contributed by atoms with van der Waals surface area (Å²) in [5.41, 5.74) is 2.17. The molecular formula is C27H30FN3O3. The van der Waals surface area contributed by atoms with Crippen molar-refractivity contribution in [1.29, 1.82) is 0 Å². The maximum atomic E-state index is 13.5. The quantitative estimate of drug-likeness (QED) is 0.519. The molecule has 0 saturated carbocycles. The lowest BCUT2D eigenvalue weighted by Gasteiger charge is -2.37. The molecule has 178 valence electrons. The first-order valence-electron chi connectivity index (χ1n) is 11.5. The Morgan fingerprint density at radius 3 is 2.59 bits per heavy atom. The van der Waals surface area contributed by atoms with Crippen LogP contribution in [-0.2, 0) is 17.9 Å². The number of nitrogens with one attached hydrogen (secondary N) is 1. The van der Waals surface area contributed by atoms with Gasteiger partial charge in [0.15, 0.2) is 0 Å². The fourth-order valence-corrected chi connectivity index (χ4v) is 4.34. The molecule has 34 heavy (non-hydrogen) atoms. The van der Waals surface area contributed by atoms with E-state index in [9.17, 15) is 9.18 Å². The third-order valence-corrected chi connectivity index (χ3v) is 6.05. The minimum absolute atomic E-state index is 0.0333. The van der Waals surface area contributed by atoms with E-state index in [1.54, 1.807) is 31.6 Å². The molecule has 7 heteroatoms. The van der Waals surface area contributed by atoms with Gasteiger partial charge in [0, 0.05) is 50.6 Å². The fourth-order valence-electron chi connectivity index (χ4n) is 4.34. The SMILES string of the molecule is COc1ccc(CNC(=O)[C@@H]2C[C@H](COc3cccc(F)c3)CN(Cc3ccncc3)C2)cc1. The summed E-state index contributed by atoms with van der Waals surface area (Å²) in [6.45, 7) is 3.11. The summed E-state index contributed by atoms with van der Waals surface area (Å²) >= 11 is 0. The first-order valence-corrected chi connectivity index (χ1v) is 11.5. The van der Waals surface area contributed by atoms with Crippen molar-refractivity contribution < 1.29 is 18.7 Å². The highest BCUT2D eigenvalue weighted by molar-refractivity contribution is 5.79. The Hall–Kier alpha value is -3.45. The number of aromatic nitrogens is 1. The average molecular weight is 464 g/mol. The van der Waals surface area contributed by atoms with Gasteiger partial charge in [0.2, 0.25) is 5.91 Å². The van der Waals surface area contributed by atoms with Crippen LogP contribution in [0.25, 0.3) is 0 Å². The minimum Gasteiger partial charge on any atom is -0.497 e. The number of methoxy groups -OCH3 is 1. The molecule has 1 aromatic heterocycles. The van der Waals surface area contributed by atoms with Crippen LogP contribution in [0, 0.1) is 17.7 Å². The smallest absolute Gasteiger partial charge is 0.224 e. The molecule has 2 heterocycles.